The van der Waals surface area contributed by atoms with Crippen LogP contribution in [-0.2, 0) is 21.4 Å². The van der Waals surface area contributed by atoms with Crippen LogP contribution < -0.4 is 14.4 Å². The molecule has 0 aromatic heterocycles. The minimum atomic E-state index is -3.87. The maximum Gasteiger partial charge on any atom is 0.243 e. The number of hydrogen-bond donors (Lipinski definition) is 1. The molecule has 0 radical (unpaired) electrons. The molecule has 2 aromatic rings. The Labute approximate surface area is 165 Å². The van der Waals surface area contributed by atoms with Gasteiger partial charge in [0.15, 0.2) is 0 Å². The summed E-state index contributed by atoms with van der Waals surface area (Å²) in [6.45, 7) is 5.49. The number of anilines is 1. The quantitative estimate of drug-likeness (QED) is 0.728. The largest absolute Gasteiger partial charge is 0.491 e. The lowest BCUT2D eigenvalue weighted by atomic mass is 10.2. The molecule has 0 aliphatic rings. The van der Waals surface area contributed by atoms with Gasteiger partial charge in [-0.15, -0.1) is 0 Å². The molecule has 6 nitrogen and oxygen atoms in total. The second-order valence-electron chi connectivity index (χ2n) is 6.71. The number of benzene rings is 2. The van der Waals surface area contributed by atoms with Crippen LogP contribution in [0.2, 0.25) is 0 Å². The highest BCUT2D eigenvalue weighted by Crippen LogP contribution is 2.24. The van der Waals surface area contributed by atoms with E-state index in [1.165, 1.54) is 25.1 Å². The molecule has 1 amide bonds. The first-order valence-corrected chi connectivity index (χ1v) is 10.7. The lowest BCUT2D eigenvalue weighted by Gasteiger charge is -2.28. The van der Waals surface area contributed by atoms with Crippen molar-refractivity contribution in [3.05, 3.63) is 59.9 Å². The van der Waals surface area contributed by atoms with Gasteiger partial charge in [0, 0.05) is 6.54 Å². The van der Waals surface area contributed by atoms with Crippen molar-refractivity contribution in [1.29, 1.82) is 0 Å². The summed E-state index contributed by atoms with van der Waals surface area (Å²) in [5.74, 6) is -0.522. The number of para-hydroxylation sites is 1. The molecule has 0 unspecified atom stereocenters. The van der Waals surface area contributed by atoms with Gasteiger partial charge in [0.05, 0.1) is 18.0 Å². The van der Waals surface area contributed by atoms with Crippen LogP contribution in [0, 0.1) is 5.82 Å². The number of halogens is 1. The Bertz CT molecular complexity index is 914. The normalized spacial score (nSPS) is 12.5. The van der Waals surface area contributed by atoms with E-state index in [1.807, 2.05) is 26.0 Å². The minimum Gasteiger partial charge on any atom is -0.491 e. The van der Waals surface area contributed by atoms with E-state index in [9.17, 15) is 17.6 Å². The van der Waals surface area contributed by atoms with Gasteiger partial charge in [0.2, 0.25) is 15.9 Å². The molecule has 0 bridgehead atoms. The van der Waals surface area contributed by atoms with Crippen molar-refractivity contribution in [3.63, 3.8) is 0 Å². The van der Waals surface area contributed by atoms with Crippen LogP contribution in [0.1, 0.15) is 26.3 Å². The highest BCUT2D eigenvalue weighted by molar-refractivity contribution is 7.92. The summed E-state index contributed by atoms with van der Waals surface area (Å²) in [5, 5.41) is 2.69. The average Bonchev–Trinajstić information content (AvgIpc) is 2.61. The van der Waals surface area contributed by atoms with Crippen LogP contribution in [0.25, 0.3) is 0 Å². The molecule has 0 spiro atoms. The molecule has 0 saturated carbocycles. The third-order valence-corrected chi connectivity index (χ3v) is 5.17. The van der Waals surface area contributed by atoms with E-state index in [0.717, 1.165) is 27.9 Å². The van der Waals surface area contributed by atoms with Gasteiger partial charge in [-0.3, -0.25) is 9.10 Å². The molecule has 0 aliphatic heterocycles. The van der Waals surface area contributed by atoms with Crippen LogP contribution in [0.3, 0.4) is 0 Å². The smallest absolute Gasteiger partial charge is 0.243 e. The summed E-state index contributed by atoms with van der Waals surface area (Å²) in [5.41, 5.74) is 0.663. The van der Waals surface area contributed by atoms with E-state index < -0.39 is 27.8 Å². The van der Waals surface area contributed by atoms with Gasteiger partial charge >= 0.3 is 0 Å². The van der Waals surface area contributed by atoms with E-state index in [0.29, 0.717) is 0 Å². The molecular formula is C20H25FN2O4S. The van der Waals surface area contributed by atoms with Crippen molar-refractivity contribution in [3.8, 4) is 5.75 Å². The number of carbonyl (C=O) groups is 1. The summed E-state index contributed by atoms with van der Waals surface area (Å²) in [6, 6.07) is 11.6. The van der Waals surface area contributed by atoms with Crippen LogP contribution in [0.15, 0.2) is 48.5 Å². The van der Waals surface area contributed by atoms with Gasteiger partial charge in [0.25, 0.3) is 0 Å². The standard InChI is InChI=1S/C20H25FN2O4S/c1-14(2)27-17-11-9-16(10-12-17)13-22-20(24)15(3)23(28(4,25)26)19-8-6-5-7-18(19)21/h5-12,14-15H,13H2,1-4H3,(H,22,24)/t15-/m0/s1. The summed E-state index contributed by atoms with van der Waals surface area (Å²) >= 11 is 0. The maximum absolute atomic E-state index is 14.1. The Balaban J connectivity index is 2.10. The number of ether oxygens (including phenoxy) is 1. The Morgan fingerprint density at radius 1 is 1.11 bits per heavy atom. The first kappa shape index (κ1) is 21.7. The van der Waals surface area contributed by atoms with E-state index in [2.05, 4.69) is 5.32 Å². The fraction of sp³-hybridized carbons (Fsp3) is 0.350. The molecule has 0 aliphatic carbocycles. The molecule has 152 valence electrons. The first-order chi connectivity index (χ1) is 13.1. The lowest BCUT2D eigenvalue weighted by molar-refractivity contribution is -0.122. The van der Waals surface area contributed by atoms with Crippen molar-refractivity contribution in [1.82, 2.24) is 5.32 Å². The number of carbonyl (C=O) groups excluding carboxylic acids is 1. The molecule has 28 heavy (non-hydrogen) atoms. The average molecular weight is 408 g/mol. The van der Waals surface area contributed by atoms with E-state index >= 15 is 0 Å². The number of rotatable bonds is 8. The van der Waals surface area contributed by atoms with E-state index in [4.69, 9.17) is 4.74 Å². The first-order valence-electron chi connectivity index (χ1n) is 8.87. The number of sulfonamides is 1. The molecular weight excluding hydrogens is 383 g/mol. The SMILES string of the molecule is CC(C)Oc1ccc(CNC(=O)[C@H](C)N(c2ccccc2F)S(C)(=O)=O)cc1. The molecule has 2 aromatic carbocycles. The highest BCUT2D eigenvalue weighted by Gasteiger charge is 2.30. The van der Waals surface area contributed by atoms with Gasteiger partial charge < -0.3 is 10.1 Å². The van der Waals surface area contributed by atoms with Crippen molar-refractivity contribution in [2.24, 2.45) is 0 Å². The van der Waals surface area contributed by atoms with Crippen molar-refractivity contribution in [2.75, 3.05) is 10.6 Å². The van der Waals surface area contributed by atoms with Gasteiger partial charge in [-0.05, 0) is 50.6 Å². The molecule has 1 N–H and O–H groups in total. The second kappa shape index (κ2) is 9.05. The Kier molecular flexibility index (Phi) is 7.01. The molecule has 8 heteroatoms. The summed E-state index contributed by atoms with van der Waals surface area (Å²) in [4.78, 5) is 12.5. The Hall–Kier alpha value is -2.61. The molecule has 0 saturated heterocycles. The molecule has 0 fully saturated rings. The lowest BCUT2D eigenvalue weighted by Crippen LogP contribution is -2.48. The second-order valence-corrected chi connectivity index (χ2v) is 8.57. The Morgan fingerprint density at radius 2 is 1.71 bits per heavy atom. The fourth-order valence-electron chi connectivity index (χ4n) is 2.71. The van der Waals surface area contributed by atoms with Crippen molar-refractivity contribution in [2.45, 2.75) is 39.5 Å². The molecule has 2 rings (SSSR count). The number of hydrogen-bond acceptors (Lipinski definition) is 4. The van der Waals surface area contributed by atoms with E-state index in [-0.39, 0.29) is 18.3 Å². The van der Waals surface area contributed by atoms with Crippen LogP contribution in [0.5, 0.6) is 5.75 Å². The summed E-state index contributed by atoms with van der Waals surface area (Å²) in [6.07, 6.45) is 1.00. The van der Waals surface area contributed by atoms with Gasteiger partial charge in [-0.25, -0.2) is 12.8 Å². The Morgan fingerprint density at radius 3 is 2.25 bits per heavy atom. The number of nitrogens with zero attached hydrogens (tertiary/aromatic N) is 1. The summed E-state index contributed by atoms with van der Waals surface area (Å²) < 4.78 is 44.9. The maximum atomic E-state index is 14.1. The van der Waals surface area contributed by atoms with Crippen molar-refractivity contribution >= 4 is 21.6 Å². The zero-order valence-electron chi connectivity index (χ0n) is 16.3. The van der Waals surface area contributed by atoms with Crippen molar-refractivity contribution < 1.29 is 22.3 Å². The van der Waals surface area contributed by atoms with Gasteiger partial charge in [-0.2, -0.15) is 0 Å². The van der Waals surface area contributed by atoms with E-state index in [1.54, 1.807) is 12.1 Å². The van der Waals surface area contributed by atoms with Gasteiger partial charge in [0.1, 0.15) is 17.6 Å². The van der Waals surface area contributed by atoms with Crippen LogP contribution >= 0.6 is 0 Å². The van der Waals surface area contributed by atoms with Crippen LogP contribution in [0.4, 0.5) is 10.1 Å². The predicted molar refractivity (Wildman–Crippen MR) is 107 cm³/mol. The zero-order valence-corrected chi connectivity index (χ0v) is 17.2. The predicted octanol–water partition coefficient (Wildman–Crippen LogP) is 3.08. The number of nitrogens with one attached hydrogen (secondary N) is 1. The highest BCUT2D eigenvalue weighted by atomic mass is 32.2. The minimum absolute atomic E-state index is 0.0618. The monoisotopic (exact) mass is 408 g/mol. The van der Waals surface area contributed by atoms with Crippen LogP contribution in [-0.4, -0.2) is 32.7 Å². The number of amides is 1. The summed E-state index contributed by atoms with van der Waals surface area (Å²) in [7, 11) is -3.87. The molecule has 1 atom stereocenters. The zero-order chi connectivity index (χ0) is 20.9. The molecule has 0 heterocycles. The van der Waals surface area contributed by atoms with Gasteiger partial charge in [-0.1, -0.05) is 24.3 Å². The third-order valence-electron chi connectivity index (χ3n) is 3.94. The fourth-order valence-corrected chi connectivity index (χ4v) is 3.88. The topological polar surface area (TPSA) is 75.7 Å². The third kappa shape index (κ3) is 5.69.